The number of hydrogen-bond acceptors (Lipinski definition) is 2. The molecule has 0 unspecified atom stereocenters. The fourth-order valence-corrected chi connectivity index (χ4v) is 1.55. The van der Waals surface area contributed by atoms with E-state index in [0.717, 1.165) is 29.4 Å². The standard InChI is InChI=1S/C10H13ClN2/c1-7-9(11)3-2-4-10(7)13-8-5-12-6-8/h2-4,8,12-13H,5-6H2,1H3. The van der Waals surface area contributed by atoms with Crippen LogP contribution >= 0.6 is 11.6 Å². The van der Waals surface area contributed by atoms with Crippen LogP contribution in [0.4, 0.5) is 5.69 Å². The minimum absolute atomic E-state index is 0.567. The predicted molar refractivity (Wildman–Crippen MR) is 56.5 cm³/mol. The van der Waals surface area contributed by atoms with Gasteiger partial charge in [0.1, 0.15) is 0 Å². The summed E-state index contributed by atoms with van der Waals surface area (Å²) in [5.74, 6) is 0. The average Bonchev–Trinajstić information content (AvgIpc) is 2.04. The van der Waals surface area contributed by atoms with Crippen LogP contribution < -0.4 is 10.6 Å². The molecule has 0 aromatic heterocycles. The fraction of sp³-hybridized carbons (Fsp3) is 0.400. The number of halogens is 1. The van der Waals surface area contributed by atoms with Gasteiger partial charge in [-0.2, -0.15) is 0 Å². The molecule has 70 valence electrons. The summed E-state index contributed by atoms with van der Waals surface area (Å²) < 4.78 is 0. The van der Waals surface area contributed by atoms with Gasteiger partial charge in [0.15, 0.2) is 0 Å². The number of benzene rings is 1. The molecule has 3 heteroatoms. The van der Waals surface area contributed by atoms with Crippen LogP contribution in [0.5, 0.6) is 0 Å². The minimum atomic E-state index is 0.567. The maximum Gasteiger partial charge on any atom is 0.0510 e. The molecule has 1 aliphatic rings. The Morgan fingerprint density at radius 1 is 1.46 bits per heavy atom. The van der Waals surface area contributed by atoms with Gasteiger partial charge in [-0.3, -0.25) is 0 Å². The highest BCUT2D eigenvalue weighted by Crippen LogP contribution is 2.23. The quantitative estimate of drug-likeness (QED) is 0.757. The number of hydrogen-bond donors (Lipinski definition) is 2. The average molecular weight is 197 g/mol. The first-order valence-corrected chi connectivity index (χ1v) is 4.87. The highest BCUT2D eigenvalue weighted by molar-refractivity contribution is 6.31. The molecule has 0 spiro atoms. The van der Waals surface area contributed by atoms with E-state index in [1.165, 1.54) is 0 Å². The predicted octanol–water partition coefficient (Wildman–Crippen LogP) is 2.03. The van der Waals surface area contributed by atoms with Crippen molar-refractivity contribution < 1.29 is 0 Å². The van der Waals surface area contributed by atoms with E-state index >= 15 is 0 Å². The lowest BCUT2D eigenvalue weighted by atomic mass is 10.1. The molecule has 1 heterocycles. The molecular weight excluding hydrogens is 184 g/mol. The largest absolute Gasteiger partial charge is 0.379 e. The molecule has 1 fully saturated rings. The molecule has 2 nitrogen and oxygen atoms in total. The molecule has 2 N–H and O–H groups in total. The molecule has 0 amide bonds. The van der Waals surface area contributed by atoms with Crippen LogP contribution in [0, 0.1) is 6.92 Å². The van der Waals surface area contributed by atoms with E-state index in [4.69, 9.17) is 11.6 Å². The van der Waals surface area contributed by atoms with Gasteiger partial charge in [-0.25, -0.2) is 0 Å². The van der Waals surface area contributed by atoms with Gasteiger partial charge in [-0.1, -0.05) is 17.7 Å². The van der Waals surface area contributed by atoms with Crippen LogP contribution in [0.1, 0.15) is 5.56 Å². The Morgan fingerprint density at radius 2 is 2.23 bits per heavy atom. The molecule has 13 heavy (non-hydrogen) atoms. The smallest absolute Gasteiger partial charge is 0.0510 e. The van der Waals surface area contributed by atoms with Gasteiger partial charge < -0.3 is 10.6 Å². The highest BCUT2D eigenvalue weighted by atomic mass is 35.5. The van der Waals surface area contributed by atoms with E-state index in [1.807, 2.05) is 19.1 Å². The van der Waals surface area contributed by atoms with Crippen molar-refractivity contribution in [3.05, 3.63) is 28.8 Å². The topological polar surface area (TPSA) is 24.1 Å². The Kier molecular flexibility index (Phi) is 2.42. The van der Waals surface area contributed by atoms with E-state index in [-0.39, 0.29) is 0 Å². The first-order chi connectivity index (χ1) is 6.27. The molecular formula is C10H13ClN2. The molecule has 0 atom stereocenters. The second-order valence-electron chi connectivity index (χ2n) is 3.41. The third kappa shape index (κ3) is 1.79. The SMILES string of the molecule is Cc1c(Cl)cccc1NC1CNC1. The zero-order valence-corrected chi connectivity index (χ0v) is 8.36. The molecule has 0 aliphatic carbocycles. The fourth-order valence-electron chi connectivity index (χ4n) is 1.37. The van der Waals surface area contributed by atoms with Crippen molar-refractivity contribution >= 4 is 17.3 Å². The zero-order chi connectivity index (χ0) is 9.26. The molecule has 0 saturated carbocycles. The maximum atomic E-state index is 6.00. The van der Waals surface area contributed by atoms with Gasteiger partial charge in [-0.15, -0.1) is 0 Å². The van der Waals surface area contributed by atoms with Crippen LogP contribution in [0.3, 0.4) is 0 Å². The normalized spacial score (nSPS) is 16.8. The summed E-state index contributed by atoms with van der Waals surface area (Å²) in [6.07, 6.45) is 0. The van der Waals surface area contributed by atoms with Crippen molar-refractivity contribution in [2.75, 3.05) is 18.4 Å². The van der Waals surface area contributed by atoms with Crippen LogP contribution in [0.15, 0.2) is 18.2 Å². The lowest BCUT2D eigenvalue weighted by Gasteiger charge is -2.29. The van der Waals surface area contributed by atoms with Gasteiger partial charge >= 0.3 is 0 Å². The second kappa shape index (κ2) is 3.56. The summed E-state index contributed by atoms with van der Waals surface area (Å²) in [7, 11) is 0. The Balaban J connectivity index is 2.14. The van der Waals surface area contributed by atoms with Crippen LogP contribution in [-0.2, 0) is 0 Å². The molecule has 2 rings (SSSR count). The van der Waals surface area contributed by atoms with E-state index in [2.05, 4.69) is 16.7 Å². The monoisotopic (exact) mass is 196 g/mol. The maximum absolute atomic E-state index is 6.00. The summed E-state index contributed by atoms with van der Waals surface area (Å²) in [6.45, 7) is 4.13. The lowest BCUT2D eigenvalue weighted by molar-refractivity contribution is 0.472. The summed E-state index contributed by atoms with van der Waals surface area (Å²) >= 11 is 6.00. The molecule has 0 radical (unpaired) electrons. The first-order valence-electron chi connectivity index (χ1n) is 4.50. The van der Waals surface area contributed by atoms with Crippen molar-refractivity contribution in [1.82, 2.24) is 5.32 Å². The summed E-state index contributed by atoms with van der Waals surface area (Å²) in [5, 5.41) is 7.49. The van der Waals surface area contributed by atoms with Crippen molar-refractivity contribution in [3.63, 3.8) is 0 Å². The third-order valence-corrected chi connectivity index (χ3v) is 2.82. The van der Waals surface area contributed by atoms with Crippen molar-refractivity contribution in [2.45, 2.75) is 13.0 Å². The molecule has 1 aliphatic heterocycles. The summed E-state index contributed by atoms with van der Waals surface area (Å²) in [5.41, 5.74) is 2.29. The number of anilines is 1. The third-order valence-electron chi connectivity index (χ3n) is 2.41. The van der Waals surface area contributed by atoms with Gasteiger partial charge in [0, 0.05) is 23.8 Å². The van der Waals surface area contributed by atoms with E-state index < -0.39 is 0 Å². The van der Waals surface area contributed by atoms with Gasteiger partial charge in [0.2, 0.25) is 0 Å². The van der Waals surface area contributed by atoms with Crippen molar-refractivity contribution in [1.29, 1.82) is 0 Å². The Bertz CT molecular complexity index is 308. The number of rotatable bonds is 2. The molecule has 1 saturated heterocycles. The summed E-state index contributed by atoms with van der Waals surface area (Å²) in [6, 6.07) is 6.53. The van der Waals surface area contributed by atoms with E-state index in [1.54, 1.807) is 0 Å². The van der Waals surface area contributed by atoms with E-state index in [9.17, 15) is 0 Å². The zero-order valence-electron chi connectivity index (χ0n) is 7.60. The molecule has 1 aromatic carbocycles. The van der Waals surface area contributed by atoms with Crippen LogP contribution in [-0.4, -0.2) is 19.1 Å². The Labute approximate surface area is 83.3 Å². The van der Waals surface area contributed by atoms with Crippen molar-refractivity contribution in [3.8, 4) is 0 Å². The lowest BCUT2D eigenvalue weighted by Crippen LogP contribution is -2.51. The van der Waals surface area contributed by atoms with Crippen molar-refractivity contribution in [2.24, 2.45) is 0 Å². The molecule has 1 aromatic rings. The minimum Gasteiger partial charge on any atom is -0.379 e. The Hall–Kier alpha value is -0.730. The van der Waals surface area contributed by atoms with Gasteiger partial charge in [0.25, 0.3) is 0 Å². The van der Waals surface area contributed by atoms with Crippen LogP contribution in [0.2, 0.25) is 5.02 Å². The van der Waals surface area contributed by atoms with Gasteiger partial charge in [-0.05, 0) is 24.6 Å². The highest BCUT2D eigenvalue weighted by Gasteiger charge is 2.16. The number of nitrogens with one attached hydrogen (secondary N) is 2. The first kappa shape index (κ1) is 8.85. The molecule has 0 bridgehead atoms. The Morgan fingerprint density at radius 3 is 2.85 bits per heavy atom. The van der Waals surface area contributed by atoms with E-state index in [0.29, 0.717) is 6.04 Å². The van der Waals surface area contributed by atoms with Gasteiger partial charge in [0.05, 0.1) is 6.04 Å². The van der Waals surface area contributed by atoms with Crippen LogP contribution in [0.25, 0.3) is 0 Å². The summed E-state index contributed by atoms with van der Waals surface area (Å²) in [4.78, 5) is 0. The second-order valence-corrected chi connectivity index (χ2v) is 3.82.